The Morgan fingerprint density at radius 3 is 2.50 bits per heavy atom. The van der Waals surface area contributed by atoms with Gasteiger partial charge in [-0.3, -0.25) is 0 Å². The second kappa shape index (κ2) is 10.7. The van der Waals surface area contributed by atoms with E-state index in [1.165, 1.54) is 42.5 Å². The SMILES string of the molecule is CCCOc1c(Cl)cc(C(=O)Oc2ccc3c(c2)OC(N)=C(C#N)C3c2c(F)cccc2Cl)cc1Cl. The van der Waals surface area contributed by atoms with Gasteiger partial charge < -0.3 is 19.9 Å². The van der Waals surface area contributed by atoms with E-state index in [-0.39, 0.29) is 54.9 Å². The van der Waals surface area contributed by atoms with Crippen molar-refractivity contribution in [3.05, 3.63) is 97.6 Å². The van der Waals surface area contributed by atoms with Crippen molar-refractivity contribution in [1.82, 2.24) is 0 Å². The lowest BCUT2D eigenvalue weighted by Crippen LogP contribution is -2.22. The molecule has 0 spiro atoms. The van der Waals surface area contributed by atoms with Crippen molar-refractivity contribution >= 4 is 40.8 Å². The number of halogens is 4. The van der Waals surface area contributed by atoms with Gasteiger partial charge in [0.15, 0.2) is 5.75 Å². The van der Waals surface area contributed by atoms with Crippen LogP contribution in [0.25, 0.3) is 0 Å². The molecule has 1 unspecified atom stereocenters. The van der Waals surface area contributed by atoms with Crippen LogP contribution < -0.4 is 19.9 Å². The topological polar surface area (TPSA) is 94.6 Å². The number of allylic oxidation sites excluding steroid dienone is 1. The maximum Gasteiger partial charge on any atom is 0.343 e. The Balaban J connectivity index is 1.66. The van der Waals surface area contributed by atoms with Crippen molar-refractivity contribution in [2.45, 2.75) is 19.3 Å². The molecule has 2 N–H and O–H groups in total. The van der Waals surface area contributed by atoms with Gasteiger partial charge in [-0.05, 0) is 36.8 Å². The number of ether oxygens (including phenoxy) is 3. The van der Waals surface area contributed by atoms with Gasteiger partial charge >= 0.3 is 5.97 Å². The number of nitrogens with two attached hydrogens (primary N) is 1. The van der Waals surface area contributed by atoms with Crippen LogP contribution in [0.15, 0.2) is 60.0 Å². The largest absolute Gasteiger partial charge is 0.490 e. The number of fused-ring (bicyclic) bond motifs is 1. The lowest BCUT2D eigenvalue weighted by Gasteiger charge is -2.27. The number of nitrogens with zero attached hydrogens (tertiary/aromatic N) is 1. The van der Waals surface area contributed by atoms with Crippen LogP contribution >= 0.6 is 34.8 Å². The van der Waals surface area contributed by atoms with E-state index in [1.54, 1.807) is 6.07 Å². The molecule has 1 atom stereocenters. The van der Waals surface area contributed by atoms with Crippen molar-refractivity contribution < 1.29 is 23.4 Å². The second-order valence-electron chi connectivity index (χ2n) is 7.77. The van der Waals surface area contributed by atoms with Gasteiger partial charge in [-0.25, -0.2) is 9.18 Å². The third kappa shape index (κ3) is 4.93. The average molecular weight is 548 g/mol. The average Bonchev–Trinajstić information content (AvgIpc) is 2.83. The molecule has 3 aromatic rings. The van der Waals surface area contributed by atoms with Gasteiger partial charge in [-0.2, -0.15) is 5.26 Å². The maximum absolute atomic E-state index is 14.8. The van der Waals surface area contributed by atoms with Crippen molar-refractivity contribution in [2.24, 2.45) is 5.73 Å². The minimum Gasteiger partial charge on any atom is -0.490 e. The predicted molar refractivity (Wildman–Crippen MR) is 134 cm³/mol. The quantitative estimate of drug-likeness (QED) is 0.263. The van der Waals surface area contributed by atoms with E-state index < -0.39 is 17.7 Å². The number of hydrogen-bond donors (Lipinski definition) is 1. The zero-order chi connectivity index (χ0) is 26.0. The fourth-order valence-corrected chi connectivity index (χ4v) is 4.64. The minimum atomic E-state index is -0.912. The van der Waals surface area contributed by atoms with Crippen molar-refractivity contribution in [1.29, 1.82) is 5.26 Å². The molecule has 1 heterocycles. The Hall–Kier alpha value is -3.44. The van der Waals surface area contributed by atoms with Gasteiger partial charge in [0.25, 0.3) is 0 Å². The van der Waals surface area contributed by atoms with E-state index in [9.17, 15) is 14.4 Å². The summed E-state index contributed by atoms with van der Waals surface area (Å²) in [7, 11) is 0. The van der Waals surface area contributed by atoms with Gasteiger partial charge in [0.1, 0.15) is 29.0 Å². The smallest absolute Gasteiger partial charge is 0.343 e. The Labute approximate surface area is 221 Å². The molecular weight excluding hydrogens is 530 g/mol. The molecule has 0 saturated heterocycles. The van der Waals surface area contributed by atoms with Crippen LogP contribution in [0.2, 0.25) is 15.1 Å². The van der Waals surface area contributed by atoms with Gasteiger partial charge in [-0.1, -0.05) is 53.9 Å². The van der Waals surface area contributed by atoms with Crippen LogP contribution in [0.4, 0.5) is 4.39 Å². The number of carbonyl (C=O) groups is 1. The van der Waals surface area contributed by atoms with Gasteiger partial charge in [0.05, 0.1) is 28.1 Å². The Bertz CT molecular complexity index is 1390. The molecule has 0 amide bonds. The number of rotatable bonds is 6. The number of hydrogen-bond acceptors (Lipinski definition) is 6. The van der Waals surface area contributed by atoms with E-state index >= 15 is 0 Å². The Kier molecular flexibility index (Phi) is 7.60. The monoisotopic (exact) mass is 546 g/mol. The zero-order valence-corrected chi connectivity index (χ0v) is 21.0. The van der Waals surface area contributed by atoms with E-state index in [2.05, 4.69) is 0 Å². The summed E-state index contributed by atoms with van der Waals surface area (Å²) in [5, 5.41) is 10.1. The third-order valence-corrected chi connectivity index (χ3v) is 6.27. The summed E-state index contributed by atoms with van der Waals surface area (Å²) in [6.07, 6.45) is 0.760. The van der Waals surface area contributed by atoms with Crippen molar-refractivity contribution in [2.75, 3.05) is 6.61 Å². The number of carbonyl (C=O) groups excluding carboxylic acids is 1. The first-order valence-corrected chi connectivity index (χ1v) is 11.9. The zero-order valence-electron chi connectivity index (χ0n) is 18.8. The van der Waals surface area contributed by atoms with Gasteiger partial charge in [0, 0.05) is 22.2 Å². The molecule has 0 fully saturated rings. The van der Waals surface area contributed by atoms with E-state index in [4.69, 9.17) is 54.7 Å². The lowest BCUT2D eigenvalue weighted by atomic mass is 9.83. The molecule has 0 aliphatic carbocycles. The number of benzene rings is 3. The number of esters is 1. The molecular formula is C26H18Cl3FN2O4. The van der Waals surface area contributed by atoms with E-state index in [1.807, 2.05) is 13.0 Å². The minimum absolute atomic E-state index is 0.00825. The Morgan fingerprint density at radius 1 is 1.14 bits per heavy atom. The third-order valence-electron chi connectivity index (χ3n) is 5.37. The fourth-order valence-electron chi connectivity index (χ4n) is 3.77. The highest BCUT2D eigenvalue weighted by molar-refractivity contribution is 6.37. The molecule has 0 aromatic heterocycles. The standard InChI is InChI=1S/C26H18Cl3FN2O4/c1-2-8-34-24-18(28)9-13(10-19(24)29)26(33)35-14-6-7-15-21(11-14)36-25(32)16(12-31)22(15)23-17(27)4-3-5-20(23)30/h3-7,9-11,22H,2,8,32H2,1H3. The molecule has 4 rings (SSSR count). The molecule has 0 radical (unpaired) electrons. The van der Waals surface area contributed by atoms with Crippen LogP contribution in [-0.4, -0.2) is 12.6 Å². The van der Waals surface area contributed by atoms with Crippen LogP contribution in [0.5, 0.6) is 17.2 Å². The summed E-state index contributed by atoms with van der Waals surface area (Å²) in [5.41, 5.74) is 6.60. The fraction of sp³-hybridized carbons (Fsp3) is 0.154. The molecule has 1 aliphatic heterocycles. The van der Waals surface area contributed by atoms with Crippen LogP contribution in [0, 0.1) is 17.1 Å². The summed E-state index contributed by atoms with van der Waals surface area (Å²) in [4.78, 5) is 12.8. The highest BCUT2D eigenvalue weighted by atomic mass is 35.5. The van der Waals surface area contributed by atoms with Crippen LogP contribution in [0.3, 0.4) is 0 Å². The summed E-state index contributed by atoms with van der Waals surface area (Å²) in [5.74, 6) is -1.87. The summed E-state index contributed by atoms with van der Waals surface area (Å²) in [6, 6.07) is 13.4. The molecule has 184 valence electrons. The molecule has 1 aliphatic rings. The summed E-state index contributed by atoms with van der Waals surface area (Å²) < 4.78 is 31.4. The van der Waals surface area contributed by atoms with Crippen LogP contribution in [0.1, 0.15) is 40.7 Å². The predicted octanol–water partition coefficient (Wildman–Crippen LogP) is 7.01. The molecule has 0 saturated carbocycles. The molecule has 6 nitrogen and oxygen atoms in total. The first kappa shape index (κ1) is 25.6. The molecule has 10 heteroatoms. The van der Waals surface area contributed by atoms with Gasteiger partial charge in [0.2, 0.25) is 5.88 Å². The van der Waals surface area contributed by atoms with E-state index in [0.29, 0.717) is 12.2 Å². The summed E-state index contributed by atoms with van der Waals surface area (Å²) in [6.45, 7) is 2.36. The van der Waals surface area contributed by atoms with Crippen molar-refractivity contribution in [3.63, 3.8) is 0 Å². The molecule has 0 bridgehead atoms. The highest BCUT2D eigenvalue weighted by Gasteiger charge is 2.34. The Morgan fingerprint density at radius 2 is 1.86 bits per heavy atom. The molecule has 3 aromatic carbocycles. The number of nitriles is 1. The lowest BCUT2D eigenvalue weighted by molar-refractivity contribution is 0.0734. The summed E-state index contributed by atoms with van der Waals surface area (Å²) >= 11 is 18.7. The maximum atomic E-state index is 14.8. The first-order valence-electron chi connectivity index (χ1n) is 10.7. The van der Waals surface area contributed by atoms with Crippen molar-refractivity contribution in [3.8, 4) is 23.3 Å². The molecule has 36 heavy (non-hydrogen) atoms. The second-order valence-corrected chi connectivity index (χ2v) is 8.99. The first-order chi connectivity index (χ1) is 17.2. The van der Waals surface area contributed by atoms with Gasteiger partial charge in [-0.15, -0.1) is 0 Å². The normalized spacial score (nSPS) is 14.5. The van der Waals surface area contributed by atoms with Crippen LogP contribution in [-0.2, 0) is 0 Å². The van der Waals surface area contributed by atoms with E-state index in [0.717, 1.165) is 6.42 Å². The highest BCUT2D eigenvalue weighted by Crippen LogP contribution is 2.46.